The molecule has 0 N–H and O–H groups in total. The largest absolute Gasteiger partial charge is 0.306 e. The zero-order chi connectivity index (χ0) is 15.8. The maximum absolute atomic E-state index is 13.6. The van der Waals surface area contributed by atoms with Crippen LogP contribution in [0.25, 0.3) is 10.9 Å². The molecule has 3 heterocycles. The van der Waals surface area contributed by atoms with Crippen LogP contribution in [0.1, 0.15) is 25.1 Å². The second-order valence-electron chi connectivity index (χ2n) is 5.43. The van der Waals surface area contributed by atoms with Gasteiger partial charge in [-0.15, -0.1) is 10.2 Å². The van der Waals surface area contributed by atoms with Crippen molar-refractivity contribution in [2.24, 2.45) is 0 Å². The highest BCUT2D eigenvalue weighted by Gasteiger charge is 2.18. The van der Waals surface area contributed by atoms with Gasteiger partial charge in [-0.05, 0) is 30.7 Å². The Labute approximate surface area is 135 Å². The van der Waals surface area contributed by atoms with Gasteiger partial charge in [-0.2, -0.15) is 0 Å². The number of benzene rings is 1. The molecule has 8 heteroatoms. The van der Waals surface area contributed by atoms with E-state index < -0.39 is 11.6 Å². The van der Waals surface area contributed by atoms with E-state index in [1.807, 2.05) is 0 Å². The predicted molar refractivity (Wildman–Crippen MR) is 81.2 cm³/mol. The van der Waals surface area contributed by atoms with Crippen molar-refractivity contribution in [2.45, 2.75) is 42.4 Å². The number of rotatable bonds is 2. The molecule has 0 bridgehead atoms. The summed E-state index contributed by atoms with van der Waals surface area (Å²) in [6.07, 6.45) is 5.64. The zero-order valence-corrected chi connectivity index (χ0v) is 13.0. The molecule has 5 nitrogen and oxygen atoms in total. The van der Waals surface area contributed by atoms with E-state index in [9.17, 15) is 8.78 Å². The van der Waals surface area contributed by atoms with Crippen molar-refractivity contribution in [3.63, 3.8) is 0 Å². The Morgan fingerprint density at radius 1 is 1.00 bits per heavy atom. The van der Waals surface area contributed by atoms with Crippen LogP contribution < -0.4 is 0 Å². The van der Waals surface area contributed by atoms with Crippen LogP contribution >= 0.6 is 11.8 Å². The molecule has 1 aliphatic rings. The van der Waals surface area contributed by atoms with Crippen LogP contribution in [0.5, 0.6) is 0 Å². The summed E-state index contributed by atoms with van der Waals surface area (Å²) in [7, 11) is 0. The Kier molecular flexibility index (Phi) is 3.68. The fourth-order valence-corrected chi connectivity index (χ4v) is 3.66. The smallest absolute Gasteiger partial charge is 0.197 e. The molecule has 0 fully saturated rings. The number of nitrogens with zero attached hydrogens (tertiary/aromatic N) is 5. The third-order valence-corrected chi connectivity index (χ3v) is 4.91. The first kappa shape index (κ1) is 14.5. The summed E-state index contributed by atoms with van der Waals surface area (Å²) in [6.45, 7) is 0.872. The molecule has 23 heavy (non-hydrogen) atoms. The van der Waals surface area contributed by atoms with Gasteiger partial charge in [0.15, 0.2) is 16.8 Å². The number of halogens is 2. The molecule has 0 saturated carbocycles. The number of fused-ring (bicyclic) bond motifs is 2. The lowest BCUT2D eigenvalue weighted by Gasteiger charge is -2.07. The summed E-state index contributed by atoms with van der Waals surface area (Å²) in [5.41, 5.74) is 0.372. The number of aromatic nitrogens is 5. The Bertz CT molecular complexity index is 880. The van der Waals surface area contributed by atoms with E-state index in [4.69, 9.17) is 0 Å². The summed E-state index contributed by atoms with van der Waals surface area (Å²) >= 11 is 1.31. The van der Waals surface area contributed by atoms with E-state index in [2.05, 4.69) is 24.7 Å². The SMILES string of the molecule is Fc1cc2ncnc(Sc3nnc4n3CCCCC4)c2cc1F. The summed E-state index contributed by atoms with van der Waals surface area (Å²) < 4.78 is 29.0. The highest BCUT2D eigenvalue weighted by molar-refractivity contribution is 7.99. The van der Waals surface area contributed by atoms with Gasteiger partial charge in [0.1, 0.15) is 17.2 Å². The Morgan fingerprint density at radius 3 is 2.78 bits per heavy atom. The van der Waals surface area contributed by atoms with E-state index >= 15 is 0 Å². The molecule has 1 aromatic carbocycles. The van der Waals surface area contributed by atoms with Gasteiger partial charge in [0.05, 0.1) is 5.52 Å². The average molecular weight is 333 g/mol. The molecule has 118 valence electrons. The minimum Gasteiger partial charge on any atom is -0.306 e. The molecule has 0 amide bonds. The van der Waals surface area contributed by atoms with E-state index in [0.717, 1.165) is 48.9 Å². The molecule has 0 aliphatic carbocycles. The standard InChI is InChI=1S/C15H13F2N5S/c16-10-6-9-12(7-11(10)17)18-8-19-14(9)23-15-21-20-13-4-2-1-3-5-22(13)15/h6-8H,1-5H2. The fourth-order valence-electron chi connectivity index (χ4n) is 2.73. The summed E-state index contributed by atoms with van der Waals surface area (Å²) in [5.74, 6) is -0.849. The van der Waals surface area contributed by atoms with Gasteiger partial charge in [0.25, 0.3) is 0 Å². The highest BCUT2D eigenvalue weighted by Crippen LogP contribution is 2.32. The van der Waals surface area contributed by atoms with Gasteiger partial charge >= 0.3 is 0 Å². The van der Waals surface area contributed by atoms with Crippen LogP contribution in [0.4, 0.5) is 8.78 Å². The molecular formula is C15H13F2N5S. The second kappa shape index (κ2) is 5.84. The predicted octanol–water partition coefficient (Wildman–Crippen LogP) is 3.38. The maximum Gasteiger partial charge on any atom is 0.197 e. The second-order valence-corrected chi connectivity index (χ2v) is 6.38. The molecule has 0 saturated heterocycles. The minimum atomic E-state index is -0.913. The van der Waals surface area contributed by atoms with Crippen LogP contribution in [0, 0.1) is 11.6 Å². The first-order valence-corrected chi connectivity index (χ1v) is 8.24. The van der Waals surface area contributed by atoms with Crippen molar-refractivity contribution in [1.82, 2.24) is 24.7 Å². The maximum atomic E-state index is 13.6. The monoisotopic (exact) mass is 333 g/mol. The molecular weight excluding hydrogens is 320 g/mol. The van der Waals surface area contributed by atoms with Gasteiger partial charge < -0.3 is 4.57 Å². The molecule has 0 unspecified atom stereocenters. The van der Waals surface area contributed by atoms with Crippen LogP contribution in [-0.4, -0.2) is 24.7 Å². The Morgan fingerprint density at radius 2 is 1.87 bits per heavy atom. The lowest BCUT2D eigenvalue weighted by atomic mass is 10.2. The Balaban J connectivity index is 1.76. The van der Waals surface area contributed by atoms with Crippen molar-refractivity contribution in [3.05, 3.63) is 35.9 Å². The van der Waals surface area contributed by atoms with E-state index in [1.165, 1.54) is 24.5 Å². The molecule has 0 spiro atoms. The van der Waals surface area contributed by atoms with E-state index in [-0.39, 0.29) is 0 Å². The normalized spacial score (nSPS) is 14.7. The lowest BCUT2D eigenvalue weighted by Crippen LogP contribution is -2.02. The van der Waals surface area contributed by atoms with Gasteiger partial charge in [-0.25, -0.2) is 18.7 Å². The summed E-state index contributed by atoms with van der Waals surface area (Å²) in [5, 5.41) is 10.2. The quantitative estimate of drug-likeness (QED) is 0.673. The minimum absolute atomic E-state index is 0.372. The van der Waals surface area contributed by atoms with Crippen molar-refractivity contribution < 1.29 is 8.78 Å². The number of hydrogen-bond donors (Lipinski definition) is 0. The fraction of sp³-hybridized carbons (Fsp3) is 0.333. The molecule has 2 aromatic heterocycles. The first-order chi connectivity index (χ1) is 11.2. The highest BCUT2D eigenvalue weighted by atomic mass is 32.2. The first-order valence-electron chi connectivity index (χ1n) is 7.42. The van der Waals surface area contributed by atoms with Crippen molar-refractivity contribution in [2.75, 3.05) is 0 Å². The van der Waals surface area contributed by atoms with Gasteiger partial charge in [-0.3, -0.25) is 0 Å². The van der Waals surface area contributed by atoms with Crippen LogP contribution in [-0.2, 0) is 13.0 Å². The number of hydrogen-bond acceptors (Lipinski definition) is 5. The van der Waals surface area contributed by atoms with Gasteiger partial charge in [-0.1, -0.05) is 6.42 Å². The topological polar surface area (TPSA) is 56.5 Å². The van der Waals surface area contributed by atoms with E-state index in [0.29, 0.717) is 15.9 Å². The van der Waals surface area contributed by atoms with Crippen LogP contribution in [0.3, 0.4) is 0 Å². The van der Waals surface area contributed by atoms with Gasteiger partial charge in [0, 0.05) is 24.4 Å². The molecule has 4 rings (SSSR count). The lowest BCUT2D eigenvalue weighted by molar-refractivity contribution is 0.510. The van der Waals surface area contributed by atoms with Gasteiger partial charge in [0.2, 0.25) is 0 Å². The van der Waals surface area contributed by atoms with Crippen molar-refractivity contribution in [3.8, 4) is 0 Å². The Hall–Kier alpha value is -2.09. The molecule has 0 radical (unpaired) electrons. The van der Waals surface area contributed by atoms with E-state index in [1.54, 1.807) is 0 Å². The summed E-state index contributed by atoms with van der Waals surface area (Å²) in [6, 6.07) is 2.22. The third-order valence-electron chi connectivity index (χ3n) is 3.90. The average Bonchev–Trinajstić information content (AvgIpc) is 2.77. The third kappa shape index (κ3) is 2.67. The zero-order valence-electron chi connectivity index (χ0n) is 12.2. The molecule has 3 aromatic rings. The van der Waals surface area contributed by atoms with Crippen molar-refractivity contribution >= 4 is 22.7 Å². The number of aryl methyl sites for hydroxylation is 1. The summed E-state index contributed by atoms with van der Waals surface area (Å²) in [4.78, 5) is 8.21. The van der Waals surface area contributed by atoms with Crippen LogP contribution in [0.15, 0.2) is 28.6 Å². The molecule has 1 aliphatic heterocycles. The van der Waals surface area contributed by atoms with Crippen molar-refractivity contribution in [1.29, 1.82) is 0 Å². The molecule has 0 atom stereocenters. The van der Waals surface area contributed by atoms with Crippen LogP contribution in [0.2, 0.25) is 0 Å².